The van der Waals surface area contributed by atoms with E-state index >= 15 is 0 Å². The van der Waals surface area contributed by atoms with Gasteiger partial charge in [-0.25, -0.2) is 0 Å². The number of ether oxygens (including phenoxy) is 1. The molecule has 2 atom stereocenters. The lowest BCUT2D eigenvalue weighted by Crippen LogP contribution is -2.50. The van der Waals surface area contributed by atoms with Gasteiger partial charge in [-0.15, -0.1) is 0 Å². The van der Waals surface area contributed by atoms with E-state index in [1.54, 1.807) is 0 Å². The summed E-state index contributed by atoms with van der Waals surface area (Å²) >= 11 is 12.3. The highest BCUT2D eigenvalue weighted by molar-refractivity contribution is 6.30. The van der Waals surface area contributed by atoms with Gasteiger partial charge in [-0.2, -0.15) is 0 Å². The molecular weight excluding hydrogens is 369 g/mol. The Kier molecular flexibility index (Phi) is 5.21. The third-order valence-corrected chi connectivity index (χ3v) is 5.85. The molecule has 0 N–H and O–H groups in total. The van der Waals surface area contributed by atoms with E-state index in [0.717, 1.165) is 24.0 Å². The fourth-order valence-electron chi connectivity index (χ4n) is 4.20. The van der Waals surface area contributed by atoms with Crippen molar-refractivity contribution < 1.29 is 9.53 Å². The number of hydrogen-bond donors (Lipinski definition) is 0. The number of rotatable bonds is 3. The second-order valence-electron chi connectivity index (χ2n) is 7.02. The second-order valence-corrected chi connectivity index (χ2v) is 7.90. The van der Waals surface area contributed by atoms with Crippen molar-refractivity contribution >= 4 is 29.1 Å². The summed E-state index contributed by atoms with van der Waals surface area (Å²) in [6.45, 7) is 0.109. The molecule has 1 heterocycles. The molecule has 1 aliphatic heterocycles. The first-order valence-electron chi connectivity index (χ1n) is 9.07. The number of carbonyl (C=O) groups excluding carboxylic acids is 1. The third kappa shape index (κ3) is 3.48. The molecular formula is C21H21Cl2NO2. The van der Waals surface area contributed by atoms with Crippen molar-refractivity contribution in [1.29, 1.82) is 0 Å². The summed E-state index contributed by atoms with van der Waals surface area (Å²) in [7, 11) is 0. The first-order chi connectivity index (χ1) is 12.6. The van der Waals surface area contributed by atoms with E-state index in [0.29, 0.717) is 10.0 Å². The van der Waals surface area contributed by atoms with Crippen molar-refractivity contribution in [3.63, 3.8) is 0 Å². The average molecular weight is 390 g/mol. The minimum atomic E-state index is -0.242. The van der Waals surface area contributed by atoms with E-state index in [-0.39, 0.29) is 30.7 Å². The lowest BCUT2D eigenvalue weighted by atomic mass is 9.91. The van der Waals surface area contributed by atoms with Crippen molar-refractivity contribution in [1.82, 2.24) is 4.90 Å². The van der Waals surface area contributed by atoms with Crippen LogP contribution in [-0.2, 0) is 9.53 Å². The smallest absolute Gasteiger partial charge is 0.249 e. The summed E-state index contributed by atoms with van der Waals surface area (Å²) in [4.78, 5) is 14.9. The Morgan fingerprint density at radius 1 is 0.923 bits per heavy atom. The first-order valence-corrected chi connectivity index (χ1v) is 9.83. The number of carbonyl (C=O) groups is 1. The van der Waals surface area contributed by atoms with Crippen LogP contribution in [0.15, 0.2) is 48.5 Å². The summed E-state index contributed by atoms with van der Waals surface area (Å²) in [5, 5.41) is 1.36. The van der Waals surface area contributed by atoms with E-state index in [4.69, 9.17) is 27.9 Å². The Hall–Kier alpha value is -1.55. The highest BCUT2D eigenvalue weighted by Crippen LogP contribution is 2.44. The summed E-state index contributed by atoms with van der Waals surface area (Å²) in [5.74, 6) is 0.0649. The standard InChI is InChI=1S/C21H21Cl2NO2/c22-16-10-8-14(9-11-16)20-21(15-4-3-5-17(23)12-15)26-13-19(25)24(20)18-6-1-2-7-18/h3-5,8-12,18,20-21H,1-2,6-7,13H2/t20-,21+/m1/s1. The Bertz CT molecular complexity index is 787. The molecule has 5 heteroatoms. The zero-order chi connectivity index (χ0) is 18.1. The summed E-state index contributed by atoms with van der Waals surface area (Å²) in [6.07, 6.45) is 4.21. The minimum absolute atomic E-state index is 0.0649. The number of morpholine rings is 1. The Morgan fingerprint density at radius 3 is 2.35 bits per heavy atom. The van der Waals surface area contributed by atoms with Crippen molar-refractivity contribution in [3.05, 3.63) is 69.7 Å². The SMILES string of the molecule is O=C1CO[C@@H](c2cccc(Cl)c2)[C@@H](c2ccc(Cl)cc2)N1C1CCCC1. The van der Waals surface area contributed by atoms with Crippen LogP contribution in [0, 0.1) is 0 Å². The van der Waals surface area contributed by atoms with E-state index in [9.17, 15) is 4.79 Å². The highest BCUT2D eigenvalue weighted by atomic mass is 35.5. The largest absolute Gasteiger partial charge is 0.361 e. The van der Waals surface area contributed by atoms with Crippen LogP contribution in [0.4, 0.5) is 0 Å². The van der Waals surface area contributed by atoms with E-state index in [2.05, 4.69) is 4.90 Å². The normalized spacial score (nSPS) is 24.2. The maximum atomic E-state index is 12.8. The maximum absolute atomic E-state index is 12.8. The van der Waals surface area contributed by atoms with Gasteiger partial charge in [0.1, 0.15) is 12.7 Å². The van der Waals surface area contributed by atoms with Crippen molar-refractivity contribution in [2.24, 2.45) is 0 Å². The van der Waals surface area contributed by atoms with Gasteiger partial charge in [-0.3, -0.25) is 4.79 Å². The fraction of sp³-hybridized carbons (Fsp3) is 0.381. The molecule has 2 aliphatic rings. The molecule has 0 unspecified atom stereocenters. The molecule has 1 aliphatic carbocycles. The summed E-state index contributed by atoms with van der Waals surface area (Å²) < 4.78 is 6.04. The van der Waals surface area contributed by atoms with Crippen LogP contribution in [0.5, 0.6) is 0 Å². The highest BCUT2D eigenvalue weighted by Gasteiger charge is 2.42. The Morgan fingerprint density at radius 2 is 1.65 bits per heavy atom. The van der Waals surface area contributed by atoms with Gasteiger partial charge >= 0.3 is 0 Å². The average Bonchev–Trinajstić information content (AvgIpc) is 3.16. The van der Waals surface area contributed by atoms with Gasteiger partial charge in [0, 0.05) is 16.1 Å². The predicted octanol–water partition coefficient (Wildman–Crippen LogP) is 5.58. The van der Waals surface area contributed by atoms with Gasteiger partial charge in [-0.05, 0) is 48.2 Å². The maximum Gasteiger partial charge on any atom is 0.249 e. The van der Waals surface area contributed by atoms with E-state index in [1.807, 2.05) is 48.5 Å². The first kappa shape index (κ1) is 17.8. The van der Waals surface area contributed by atoms with Gasteiger partial charge in [0.05, 0.1) is 6.04 Å². The van der Waals surface area contributed by atoms with Gasteiger partial charge in [0.25, 0.3) is 0 Å². The van der Waals surface area contributed by atoms with Gasteiger partial charge < -0.3 is 9.64 Å². The molecule has 2 aromatic carbocycles. The van der Waals surface area contributed by atoms with Crippen LogP contribution < -0.4 is 0 Å². The van der Waals surface area contributed by atoms with Crippen LogP contribution in [-0.4, -0.2) is 23.5 Å². The number of halogens is 2. The van der Waals surface area contributed by atoms with Crippen molar-refractivity contribution in [3.8, 4) is 0 Å². The van der Waals surface area contributed by atoms with E-state index in [1.165, 1.54) is 12.8 Å². The van der Waals surface area contributed by atoms with Crippen LogP contribution in [0.25, 0.3) is 0 Å². The molecule has 2 aromatic rings. The van der Waals surface area contributed by atoms with Crippen molar-refractivity contribution in [2.45, 2.75) is 43.9 Å². The van der Waals surface area contributed by atoms with Crippen LogP contribution >= 0.6 is 23.2 Å². The summed E-state index contributed by atoms with van der Waals surface area (Å²) in [5.41, 5.74) is 2.03. The van der Waals surface area contributed by atoms with E-state index < -0.39 is 0 Å². The molecule has 2 fully saturated rings. The number of benzene rings is 2. The Balaban J connectivity index is 1.78. The van der Waals surface area contributed by atoms with Crippen LogP contribution in [0.3, 0.4) is 0 Å². The van der Waals surface area contributed by atoms with Crippen molar-refractivity contribution in [2.75, 3.05) is 6.61 Å². The van der Waals surface area contributed by atoms with Crippen LogP contribution in [0.1, 0.15) is 49.0 Å². The lowest BCUT2D eigenvalue weighted by molar-refractivity contribution is -0.163. The second kappa shape index (κ2) is 7.59. The molecule has 0 bridgehead atoms. The quantitative estimate of drug-likeness (QED) is 0.685. The molecule has 1 saturated carbocycles. The monoisotopic (exact) mass is 389 g/mol. The number of nitrogens with zero attached hydrogens (tertiary/aromatic N) is 1. The molecule has 1 amide bonds. The molecule has 0 aromatic heterocycles. The molecule has 3 nitrogen and oxygen atoms in total. The molecule has 0 radical (unpaired) electrons. The Labute approximate surface area is 163 Å². The summed E-state index contributed by atoms with van der Waals surface area (Å²) in [6, 6.07) is 15.6. The number of hydrogen-bond acceptors (Lipinski definition) is 2. The van der Waals surface area contributed by atoms with Crippen LogP contribution in [0.2, 0.25) is 10.0 Å². The molecule has 0 spiro atoms. The lowest BCUT2D eigenvalue weighted by Gasteiger charge is -2.44. The molecule has 4 rings (SSSR count). The molecule has 26 heavy (non-hydrogen) atoms. The zero-order valence-electron chi connectivity index (χ0n) is 14.4. The minimum Gasteiger partial charge on any atom is -0.361 e. The topological polar surface area (TPSA) is 29.5 Å². The van der Waals surface area contributed by atoms with Gasteiger partial charge in [-0.1, -0.05) is 60.3 Å². The molecule has 1 saturated heterocycles. The zero-order valence-corrected chi connectivity index (χ0v) is 15.9. The predicted molar refractivity (Wildman–Crippen MR) is 103 cm³/mol. The van der Waals surface area contributed by atoms with Gasteiger partial charge in [0.2, 0.25) is 5.91 Å². The fourth-order valence-corrected chi connectivity index (χ4v) is 4.52. The third-order valence-electron chi connectivity index (χ3n) is 5.37. The molecule has 136 valence electrons. The number of amides is 1. The van der Waals surface area contributed by atoms with Gasteiger partial charge in [0.15, 0.2) is 0 Å².